The van der Waals surface area contributed by atoms with Gasteiger partial charge in [0.15, 0.2) is 0 Å². The Hall–Kier alpha value is -2.30. The van der Waals surface area contributed by atoms with Crippen molar-refractivity contribution in [1.82, 2.24) is 9.97 Å². The van der Waals surface area contributed by atoms with Crippen molar-refractivity contribution in [3.05, 3.63) is 34.5 Å². The van der Waals surface area contributed by atoms with Gasteiger partial charge in [-0.3, -0.25) is 0 Å². The maximum atomic E-state index is 5.79. The van der Waals surface area contributed by atoms with Crippen molar-refractivity contribution in [2.45, 2.75) is 33.6 Å². The van der Waals surface area contributed by atoms with Crippen molar-refractivity contribution in [1.29, 1.82) is 0 Å². The van der Waals surface area contributed by atoms with Crippen LogP contribution in [0.4, 0.5) is 17.5 Å². The fourth-order valence-electron chi connectivity index (χ4n) is 2.93. The molecule has 1 aromatic carbocycles. The minimum Gasteiger partial charge on any atom is -0.493 e. The molecule has 2 heterocycles. The molecule has 0 atom stereocenters. The number of ether oxygens (including phenoxy) is 1. The highest BCUT2D eigenvalue weighted by Gasteiger charge is 2.20. The second-order valence-electron chi connectivity index (χ2n) is 5.56. The van der Waals surface area contributed by atoms with E-state index >= 15 is 0 Å². The largest absolute Gasteiger partial charge is 0.493 e. The van der Waals surface area contributed by atoms with Crippen LogP contribution in [0, 0.1) is 13.8 Å². The Morgan fingerprint density at radius 1 is 1.23 bits per heavy atom. The zero-order chi connectivity index (χ0) is 15.7. The molecule has 0 fully saturated rings. The van der Waals surface area contributed by atoms with E-state index < -0.39 is 0 Å². The molecule has 0 saturated carbocycles. The zero-order valence-electron chi connectivity index (χ0n) is 13.6. The second-order valence-corrected chi connectivity index (χ2v) is 5.56. The third-order valence-electron chi connectivity index (χ3n) is 4.07. The molecule has 3 rings (SSSR count). The van der Waals surface area contributed by atoms with E-state index in [1.165, 1.54) is 16.7 Å². The number of benzene rings is 1. The van der Waals surface area contributed by atoms with Crippen molar-refractivity contribution >= 4 is 17.5 Å². The third kappa shape index (κ3) is 2.58. The van der Waals surface area contributed by atoms with Gasteiger partial charge in [0.2, 0.25) is 5.95 Å². The summed E-state index contributed by atoms with van der Waals surface area (Å²) in [5.41, 5.74) is 5.75. The number of nitrogens with zero attached hydrogens (tertiary/aromatic N) is 2. The summed E-state index contributed by atoms with van der Waals surface area (Å²) >= 11 is 0. The predicted octanol–water partition coefficient (Wildman–Crippen LogP) is 3.38. The van der Waals surface area contributed by atoms with Crippen LogP contribution in [0.2, 0.25) is 0 Å². The molecule has 5 heteroatoms. The van der Waals surface area contributed by atoms with Crippen molar-refractivity contribution in [3.8, 4) is 5.75 Å². The Labute approximate surface area is 131 Å². The fourth-order valence-corrected chi connectivity index (χ4v) is 2.93. The molecule has 2 N–H and O–H groups in total. The summed E-state index contributed by atoms with van der Waals surface area (Å²) in [6.07, 6.45) is 1.92. The maximum Gasteiger partial charge on any atom is 0.229 e. The van der Waals surface area contributed by atoms with E-state index in [4.69, 9.17) is 4.74 Å². The minimum absolute atomic E-state index is 0.619. The Bertz CT molecular complexity index is 712. The molecule has 2 aromatic rings. The van der Waals surface area contributed by atoms with E-state index in [9.17, 15) is 0 Å². The quantitative estimate of drug-likeness (QED) is 0.906. The lowest BCUT2D eigenvalue weighted by Gasteiger charge is -2.16. The number of fused-ring (bicyclic) bond motifs is 1. The first kappa shape index (κ1) is 14.6. The molecule has 0 aliphatic carbocycles. The van der Waals surface area contributed by atoms with Gasteiger partial charge in [-0.2, -0.15) is 4.98 Å². The number of aromatic nitrogens is 2. The average molecular weight is 298 g/mol. The van der Waals surface area contributed by atoms with Gasteiger partial charge in [0.1, 0.15) is 11.6 Å². The highest BCUT2D eigenvalue weighted by Crippen LogP contribution is 2.37. The van der Waals surface area contributed by atoms with Crippen molar-refractivity contribution in [3.63, 3.8) is 0 Å². The Morgan fingerprint density at radius 2 is 2.05 bits per heavy atom. The summed E-state index contributed by atoms with van der Waals surface area (Å²) in [7, 11) is 1.86. The number of hydrogen-bond donors (Lipinski definition) is 2. The highest BCUT2D eigenvalue weighted by molar-refractivity contribution is 5.67. The van der Waals surface area contributed by atoms with Crippen LogP contribution in [0.25, 0.3) is 0 Å². The normalized spacial score (nSPS) is 12.7. The van der Waals surface area contributed by atoms with Gasteiger partial charge >= 0.3 is 0 Å². The lowest BCUT2D eigenvalue weighted by Crippen LogP contribution is -2.05. The summed E-state index contributed by atoms with van der Waals surface area (Å²) in [5, 5.41) is 6.44. The number of anilines is 3. The van der Waals surface area contributed by atoms with Crippen molar-refractivity contribution in [2.75, 3.05) is 24.3 Å². The fraction of sp³-hybridized carbons (Fsp3) is 0.412. The van der Waals surface area contributed by atoms with Crippen LogP contribution in [-0.2, 0) is 12.8 Å². The molecule has 0 amide bonds. The summed E-state index contributed by atoms with van der Waals surface area (Å²) in [5.74, 6) is 2.51. The smallest absolute Gasteiger partial charge is 0.229 e. The molecule has 0 radical (unpaired) electrons. The Morgan fingerprint density at radius 3 is 2.77 bits per heavy atom. The van der Waals surface area contributed by atoms with Crippen LogP contribution in [0.15, 0.2) is 12.1 Å². The van der Waals surface area contributed by atoms with E-state index in [0.29, 0.717) is 5.95 Å². The second kappa shape index (κ2) is 5.83. The number of nitrogens with one attached hydrogen (secondary N) is 2. The van der Waals surface area contributed by atoms with Crippen LogP contribution < -0.4 is 15.4 Å². The number of rotatable bonds is 4. The molecule has 0 saturated heterocycles. The van der Waals surface area contributed by atoms with Gasteiger partial charge in [-0.05, 0) is 43.0 Å². The van der Waals surface area contributed by atoms with Crippen molar-refractivity contribution in [2.24, 2.45) is 0 Å². The van der Waals surface area contributed by atoms with Crippen LogP contribution >= 0.6 is 0 Å². The van der Waals surface area contributed by atoms with Crippen LogP contribution in [-0.4, -0.2) is 23.6 Å². The first-order valence-corrected chi connectivity index (χ1v) is 7.71. The molecule has 0 bridgehead atoms. The van der Waals surface area contributed by atoms with E-state index in [2.05, 4.69) is 40.5 Å². The average Bonchev–Trinajstić information content (AvgIpc) is 2.95. The summed E-state index contributed by atoms with van der Waals surface area (Å²) in [4.78, 5) is 8.95. The molecule has 116 valence electrons. The molecule has 1 aliphatic rings. The predicted molar refractivity (Wildman–Crippen MR) is 89.4 cm³/mol. The molecular weight excluding hydrogens is 276 g/mol. The molecule has 1 aromatic heterocycles. The van der Waals surface area contributed by atoms with Gasteiger partial charge in [-0.15, -0.1) is 0 Å². The van der Waals surface area contributed by atoms with Crippen LogP contribution in [0.3, 0.4) is 0 Å². The van der Waals surface area contributed by atoms with Gasteiger partial charge in [0.25, 0.3) is 0 Å². The van der Waals surface area contributed by atoms with Crippen molar-refractivity contribution < 1.29 is 4.74 Å². The van der Waals surface area contributed by atoms with E-state index in [1.54, 1.807) is 0 Å². The molecule has 0 spiro atoms. The molecule has 22 heavy (non-hydrogen) atoms. The van der Waals surface area contributed by atoms with Gasteiger partial charge in [0.05, 0.1) is 6.61 Å². The van der Waals surface area contributed by atoms with Crippen LogP contribution in [0.5, 0.6) is 5.75 Å². The van der Waals surface area contributed by atoms with Gasteiger partial charge < -0.3 is 15.4 Å². The number of hydrogen-bond acceptors (Lipinski definition) is 5. The zero-order valence-corrected chi connectivity index (χ0v) is 13.6. The molecule has 5 nitrogen and oxygen atoms in total. The van der Waals surface area contributed by atoms with E-state index in [-0.39, 0.29) is 0 Å². The highest BCUT2D eigenvalue weighted by atomic mass is 16.5. The summed E-state index contributed by atoms with van der Waals surface area (Å²) < 4.78 is 5.79. The topological polar surface area (TPSA) is 59.1 Å². The van der Waals surface area contributed by atoms with Gasteiger partial charge in [0, 0.05) is 30.9 Å². The van der Waals surface area contributed by atoms with Gasteiger partial charge in [-0.1, -0.05) is 6.92 Å². The third-order valence-corrected chi connectivity index (χ3v) is 4.07. The summed E-state index contributed by atoms with van der Waals surface area (Å²) in [6, 6.07) is 4.09. The SMILES string of the molecule is CCc1c(C)c(Nc2nc(C)cc(NC)n2)cc2c1OCC2. The Kier molecular flexibility index (Phi) is 3.88. The summed E-state index contributed by atoms with van der Waals surface area (Å²) in [6.45, 7) is 7.03. The van der Waals surface area contributed by atoms with E-state index in [0.717, 1.165) is 42.4 Å². The molecule has 0 unspecified atom stereocenters. The standard InChI is InChI=1S/C17H22N4O/c1-5-13-11(3)14(9-12-6-7-22-16(12)13)20-17-19-10(2)8-15(18-4)21-17/h8-9H,5-7H2,1-4H3,(H2,18,19,20,21). The maximum absolute atomic E-state index is 5.79. The minimum atomic E-state index is 0.619. The monoisotopic (exact) mass is 298 g/mol. The molecular formula is C17H22N4O. The Balaban J connectivity index is 2.01. The number of aryl methyl sites for hydroxylation is 1. The van der Waals surface area contributed by atoms with Gasteiger partial charge in [-0.25, -0.2) is 4.98 Å². The lowest BCUT2D eigenvalue weighted by atomic mass is 9.98. The lowest BCUT2D eigenvalue weighted by molar-refractivity contribution is 0.353. The van der Waals surface area contributed by atoms with E-state index in [1.807, 2.05) is 20.0 Å². The first-order valence-electron chi connectivity index (χ1n) is 7.71. The molecule has 1 aliphatic heterocycles. The first-order chi connectivity index (χ1) is 10.6. The van der Waals surface area contributed by atoms with Crippen LogP contribution in [0.1, 0.15) is 29.3 Å².